The van der Waals surface area contributed by atoms with E-state index in [-0.39, 0.29) is 23.6 Å². The van der Waals surface area contributed by atoms with Crippen molar-refractivity contribution in [2.45, 2.75) is 26.0 Å². The number of carboxylic acids is 1. The summed E-state index contributed by atoms with van der Waals surface area (Å²) in [6.45, 7) is 1.74. The van der Waals surface area contributed by atoms with Crippen LogP contribution >= 0.6 is 11.8 Å². The van der Waals surface area contributed by atoms with E-state index in [0.717, 1.165) is 16.7 Å². The molecule has 31 heavy (non-hydrogen) atoms. The number of carboxylic acid groups (broad SMARTS) is 1. The second-order valence-electron chi connectivity index (χ2n) is 6.66. The van der Waals surface area contributed by atoms with E-state index < -0.39 is 29.0 Å². The van der Waals surface area contributed by atoms with Crippen LogP contribution in [0.2, 0.25) is 0 Å². The molecule has 1 fully saturated rings. The molecule has 7 nitrogen and oxygen atoms in total. The Morgan fingerprint density at radius 1 is 1.19 bits per heavy atom. The monoisotopic (exact) mass is 445 g/mol. The van der Waals surface area contributed by atoms with Gasteiger partial charge < -0.3 is 14.6 Å². The zero-order chi connectivity index (χ0) is 22.5. The first kappa shape index (κ1) is 22.4. The van der Waals surface area contributed by atoms with Crippen LogP contribution < -0.4 is 9.47 Å². The summed E-state index contributed by atoms with van der Waals surface area (Å²) < 4.78 is 23.9. The van der Waals surface area contributed by atoms with Gasteiger partial charge in [-0.25, -0.2) is 9.18 Å². The third-order valence-corrected chi connectivity index (χ3v) is 5.44. The number of rotatable bonds is 8. The molecule has 2 aromatic rings. The minimum Gasteiger partial charge on any atom is -0.493 e. The highest BCUT2D eigenvalue weighted by atomic mass is 32.2. The normalized spacial score (nSPS) is 16.0. The highest BCUT2D eigenvalue weighted by Gasteiger charge is 2.35. The fraction of sp³-hybridized carbons (Fsp3) is 0.227. The van der Waals surface area contributed by atoms with Gasteiger partial charge in [-0.15, -0.1) is 0 Å². The summed E-state index contributed by atoms with van der Waals surface area (Å²) in [4.78, 5) is 37.5. The SMILES string of the molecule is CCC(Oc1ccc(/C=C2/SC(=O)N(Cc3ccc(F)cc3)C2=O)cc1OC)C(=O)O. The first-order valence-corrected chi connectivity index (χ1v) is 10.2. The zero-order valence-corrected chi connectivity index (χ0v) is 17.6. The molecule has 162 valence electrons. The fourth-order valence-corrected chi connectivity index (χ4v) is 3.73. The van der Waals surface area contributed by atoms with E-state index in [1.165, 1.54) is 31.4 Å². The number of amides is 2. The molecule has 1 aliphatic rings. The molecule has 3 rings (SSSR count). The number of benzene rings is 2. The molecule has 1 N–H and O–H groups in total. The molecule has 0 bridgehead atoms. The van der Waals surface area contributed by atoms with Crippen LogP contribution in [0.4, 0.5) is 9.18 Å². The first-order valence-electron chi connectivity index (χ1n) is 9.39. The second-order valence-corrected chi connectivity index (χ2v) is 7.65. The summed E-state index contributed by atoms with van der Waals surface area (Å²) >= 11 is 0.810. The van der Waals surface area contributed by atoms with Gasteiger partial charge in [0.05, 0.1) is 18.6 Å². The van der Waals surface area contributed by atoms with E-state index in [0.29, 0.717) is 16.9 Å². The van der Waals surface area contributed by atoms with Crippen LogP contribution in [-0.2, 0) is 16.1 Å². The number of hydrogen-bond acceptors (Lipinski definition) is 6. The lowest BCUT2D eigenvalue weighted by Gasteiger charge is -2.16. The summed E-state index contributed by atoms with van der Waals surface area (Å²) in [7, 11) is 1.42. The van der Waals surface area contributed by atoms with Crippen molar-refractivity contribution in [2.75, 3.05) is 7.11 Å². The maximum Gasteiger partial charge on any atom is 0.344 e. The van der Waals surface area contributed by atoms with E-state index in [1.54, 1.807) is 31.2 Å². The summed E-state index contributed by atoms with van der Waals surface area (Å²) in [5.74, 6) is -1.36. The van der Waals surface area contributed by atoms with Crippen molar-refractivity contribution in [1.82, 2.24) is 4.90 Å². The van der Waals surface area contributed by atoms with Crippen LogP contribution in [0.1, 0.15) is 24.5 Å². The number of methoxy groups -OCH3 is 1. The number of ether oxygens (including phenoxy) is 2. The average molecular weight is 445 g/mol. The quantitative estimate of drug-likeness (QED) is 0.605. The van der Waals surface area contributed by atoms with E-state index in [4.69, 9.17) is 14.6 Å². The number of imide groups is 1. The molecule has 0 radical (unpaired) electrons. The van der Waals surface area contributed by atoms with Crippen molar-refractivity contribution in [1.29, 1.82) is 0 Å². The number of aliphatic carboxylic acids is 1. The van der Waals surface area contributed by atoms with Crippen molar-refractivity contribution in [2.24, 2.45) is 0 Å². The molecule has 2 aromatic carbocycles. The van der Waals surface area contributed by atoms with Gasteiger partial charge in [-0.3, -0.25) is 14.5 Å². The van der Waals surface area contributed by atoms with E-state index >= 15 is 0 Å². The van der Waals surface area contributed by atoms with Crippen LogP contribution in [0.3, 0.4) is 0 Å². The molecule has 1 saturated heterocycles. The van der Waals surface area contributed by atoms with E-state index in [9.17, 15) is 18.8 Å². The standard InChI is InChI=1S/C22H20FNO6S/c1-3-16(21(26)27)30-17-9-6-14(10-18(17)29-2)11-19-20(25)24(22(28)31-19)12-13-4-7-15(23)8-5-13/h4-11,16H,3,12H2,1-2H3,(H,26,27)/b19-11+. The summed E-state index contributed by atoms with van der Waals surface area (Å²) in [6.07, 6.45) is 0.820. The Morgan fingerprint density at radius 2 is 1.90 bits per heavy atom. The largest absolute Gasteiger partial charge is 0.493 e. The van der Waals surface area contributed by atoms with Gasteiger partial charge in [0, 0.05) is 0 Å². The van der Waals surface area contributed by atoms with Gasteiger partial charge in [-0.2, -0.15) is 0 Å². The van der Waals surface area contributed by atoms with Crippen molar-refractivity contribution < 1.29 is 33.4 Å². The first-order chi connectivity index (χ1) is 14.8. The van der Waals surface area contributed by atoms with Crippen LogP contribution in [0, 0.1) is 5.82 Å². The fourth-order valence-electron chi connectivity index (χ4n) is 2.89. The summed E-state index contributed by atoms with van der Waals surface area (Å²) in [5.41, 5.74) is 1.22. The number of hydrogen-bond donors (Lipinski definition) is 1. The van der Waals surface area contributed by atoms with Crippen LogP contribution in [0.15, 0.2) is 47.4 Å². The zero-order valence-electron chi connectivity index (χ0n) is 16.8. The van der Waals surface area contributed by atoms with E-state index in [1.807, 2.05) is 0 Å². The third-order valence-electron chi connectivity index (χ3n) is 4.53. The lowest BCUT2D eigenvalue weighted by molar-refractivity contribution is -0.145. The van der Waals surface area contributed by atoms with Crippen molar-refractivity contribution in [3.05, 3.63) is 64.3 Å². The predicted molar refractivity (Wildman–Crippen MR) is 113 cm³/mol. The molecule has 0 saturated carbocycles. The molecule has 2 amide bonds. The molecule has 9 heteroatoms. The molecule has 1 heterocycles. The molecule has 1 atom stereocenters. The third kappa shape index (κ3) is 5.24. The molecule has 0 spiro atoms. The molecule has 1 unspecified atom stereocenters. The highest BCUT2D eigenvalue weighted by Crippen LogP contribution is 2.35. The summed E-state index contributed by atoms with van der Waals surface area (Å²) in [6, 6.07) is 10.4. The van der Waals surface area contributed by atoms with Crippen molar-refractivity contribution in [3.8, 4) is 11.5 Å². The van der Waals surface area contributed by atoms with Gasteiger partial charge >= 0.3 is 5.97 Å². The van der Waals surface area contributed by atoms with Gasteiger partial charge in [0.15, 0.2) is 17.6 Å². The van der Waals surface area contributed by atoms with Crippen LogP contribution in [0.5, 0.6) is 11.5 Å². The maximum atomic E-state index is 13.1. The molecular formula is C22H20FNO6S. The topological polar surface area (TPSA) is 93.1 Å². The minimum atomic E-state index is -1.08. The smallest absolute Gasteiger partial charge is 0.344 e. The number of thioether (sulfide) groups is 1. The Hall–Kier alpha value is -3.33. The second kappa shape index (κ2) is 9.65. The Balaban J connectivity index is 1.79. The van der Waals surface area contributed by atoms with Gasteiger partial charge in [0.25, 0.3) is 11.1 Å². The lowest BCUT2D eigenvalue weighted by Crippen LogP contribution is -2.27. The van der Waals surface area contributed by atoms with Crippen LogP contribution in [-0.4, -0.2) is 40.3 Å². The van der Waals surface area contributed by atoms with Gasteiger partial charge in [0.1, 0.15) is 5.82 Å². The Labute approximate surface area is 182 Å². The molecular weight excluding hydrogens is 425 g/mol. The predicted octanol–water partition coefficient (Wildman–Crippen LogP) is 4.31. The van der Waals surface area contributed by atoms with Gasteiger partial charge in [-0.05, 0) is 59.7 Å². The Kier molecular flexibility index (Phi) is 6.96. The van der Waals surface area contributed by atoms with Gasteiger partial charge in [0.2, 0.25) is 0 Å². The molecule has 0 aromatic heterocycles. The molecule has 0 aliphatic carbocycles. The number of carbonyl (C=O) groups is 3. The van der Waals surface area contributed by atoms with E-state index in [2.05, 4.69) is 0 Å². The summed E-state index contributed by atoms with van der Waals surface area (Å²) in [5, 5.41) is 8.75. The Bertz CT molecular complexity index is 1040. The van der Waals surface area contributed by atoms with Crippen molar-refractivity contribution in [3.63, 3.8) is 0 Å². The number of halogens is 1. The van der Waals surface area contributed by atoms with Crippen LogP contribution in [0.25, 0.3) is 6.08 Å². The van der Waals surface area contributed by atoms with Crippen molar-refractivity contribution >= 4 is 35.0 Å². The lowest BCUT2D eigenvalue weighted by atomic mass is 10.1. The maximum absolute atomic E-state index is 13.1. The van der Waals surface area contributed by atoms with Gasteiger partial charge in [-0.1, -0.05) is 25.1 Å². The molecule has 1 aliphatic heterocycles. The Morgan fingerprint density at radius 3 is 2.52 bits per heavy atom. The highest BCUT2D eigenvalue weighted by molar-refractivity contribution is 8.18. The number of carbonyl (C=O) groups excluding carboxylic acids is 2. The average Bonchev–Trinajstić information content (AvgIpc) is 3.01. The number of nitrogens with zero attached hydrogens (tertiary/aromatic N) is 1. The minimum absolute atomic E-state index is 0.0476.